The Morgan fingerprint density at radius 2 is 2.22 bits per heavy atom. The van der Waals surface area contributed by atoms with Crippen molar-refractivity contribution in [3.63, 3.8) is 0 Å². The molecule has 0 amide bonds. The standard InChI is InChI=1S/C12H15ClN4O/c1-4-17-10(12(13)8(2)15-17)5-11(18)9-6-16(3)7-14-9/h6-7H,4-5H2,1-3H3. The van der Waals surface area contributed by atoms with Gasteiger partial charge >= 0.3 is 0 Å². The van der Waals surface area contributed by atoms with E-state index in [9.17, 15) is 4.79 Å². The molecule has 0 radical (unpaired) electrons. The number of imidazole rings is 1. The fourth-order valence-corrected chi connectivity index (χ4v) is 2.04. The summed E-state index contributed by atoms with van der Waals surface area (Å²) in [5.41, 5.74) is 1.96. The van der Waals surface area contributed by atoms with E-state index in [-0.39, 0.29) is 12.2 Å². The van der Waals surface area contributed by atoms with E-state index in [0.29, 0.717) is 17.3 Å². The lowest BCUT2D eigenvalue weighted by Crippen LogP contribution is -2.10. The van der Waals surface area contributed by atoms with E-state index in [4.69, 9.17) is 11.6 Å². The molecule has 0 aromatic carbocycles. The van der Waals surface area contributed by atoms with E-state index in [1.807, 2.05) is 20.9 Å². The molecule has 0 aliphatic rings. The van der Waals surface area contributed by atoms with Gasteiger partial charge in [0.05, 0.1) is 29.2 Å². The topological polar surface area (TPSA) is 52.7 Å². The van der Waals surface area contributed by atoms with Gasteiger partial charge in [0.1, 0.15) is 5.69 Å². The van der Waals surface area contributed by atoms with Crippen molar-refractivity contribution in [2.75, 3.05) is 0 Å². The van der Waals surface area contributed by atoms with E-state index in [1.54, 1.807) is 21.8 Å². The van der Waals surface area contributed by atoms with Crippen molar-refractivity contribution in [2.45, 2.75) is 26.8 Å². The molecule has 0 saturated heterocycles. The number of Topliss-reactive ketones (excluding diaryl/α,β-unsaturated/α-hetero) is 1. The van der Waals surface area contributed by atoms with Crippen LogP contribution in [0.5, 0.6) is 0 Å². The first kappa shape index (κ1) is 12.8. The highest BCUT2D eigenvalue weighted by atomic mass is 35.5. The van der Waals surface area contributed by atoms with Crippen LogP contribution in [-0.4, -0.2) is 25.1 Å². The minimum absolute atomic E-state index is 0.0490. The minimum atomic E-state index is -0.0490. The first-order chi connectivity index (χ1) is 8.52. The summed E-state index contributed by atoms with van der Waals surface area (Å²) in [5, 5.41) is 4.86. The summed E-state index contributed by atoms with van der Waals surface area (Å²) < 4.78 is 3.51. The van der Waals surface area contributed by atoms with Crippen molar-refractivity contribution in [1.82, 2.24) is 19.3 Å². The second-order valence-corrected chi connectivity index (χ2v) is 4.56. The van der Waals surface area contributed by atoms with Gasteiger partial charge in [0, 0.05) is 19.8 Å². The molecule has 0 aliphatic heterocycles. The van der Waals surface area contributed by atoms with Gasteiger partial charge < -0.3 is 4.57 Å². The summed E-state index contributed by atoms with van der Waals surface area (Å²) in [6, 6.07) is 0. The molecule has 0 spiro atoms. The lowest BCUT2D eigenvalue weighted by Gasteiger charge is -2.03. The summed E-state index contributed by atoms with van der Waals surface area (Å²) in [6.45, 7) is 4.50. The van der Waals surface area contributed by atoms with Gasteiger partial charge in [0.2, 0.25) is 0 Å². The summed E-state index contributed by atoms with van der Waals surface area (Å²) in [6.07, 6.45) is 3.54. The molecule has 2 aromatic heterocycles. The Labute approximate surface area is 110 Å². The molecule has 0 unspecified atom stereocenters. The van der Waals surface area contributed by atoms with Gasteiger partial charge in [-0.05, 0) is 13.8 Å². The largest absolute Gasteiger partial charge is 0.340 e. The number of ketones is 1. The molecule has 0 saturated carbocycles. The third kappa shape index (κ3) is 2.31. The molecule has 18 heavy (non-hydrogen) atoms. The maximum absolute atomic E-state index is 12.1. The lowest BCUT2D eigenvalue weighted by atomic mass is 10.1. The van der Waals surface area contributed by atoms with Gasteiger partial charge in [-0.3, -0.25) is 9.48 Å². The molecule has 0 fully saturated rings. The molecule has 5 nitrogen and oxygen atoms in total. The smallest absolute Gasteiger partial charge is 0.188 e. The average Bonchev–Trinajstić information content (AvgIpc) is 2.88. The van der Waals surface area contributed by atoms with Crippen LogP contribution in [0, 0.1) is 6.92 Å². The Kier molecular flexibility index (Phi) is 3.52. The SMILES string of the molecule is CCn1nc(C)c(Cl)c1CC(=O)c1cn(C)cn1. The number of aromatic nitrogens is 4. The third-order valence-corrected chi connectivity index (χ3v) is 3.26. The molecule has 2 aromatic rings. The van der Waals surface area contributed by atoms with E-state index in [2.05, 4.69) is 10.1 Å². The van der Waals surface area contributed by atoms with Gasteiger partial charge in [-0.25, -0.2) is 4.98 Å². The van der Waals surface area contributed by atoms with E-state index in [0.717, 1.165) is 11.4 Å². The molecular weight excluding hydrogens is 252 g/mol. The maximum Gasteiger partial charge on any atom is 0.188 e. The zero-order valence-corrected chi connectivity index (χ0v) is 11.4. The van der Waals surface area contributed by atoms with Gasteiger partial charge in [-0.2, -0.15) is 5.10 Å². The summed E-state index contributed by atoms with van der Waals surface area (Å²) >= 11 is 6.17. The molecule has 2 rings (SSSR count). The van der Waals surface area contributed by atoms with Crippen molar-refractivity contribution in [1.29, 1.82) is 0 Å². The number of aryl methyl sites for hydroxylation is 3. The molecule has 0 bridgehead atoms. The van der Waals surface area contributed by atoms with Gasteiger partial charge in [0.15, 0.2) is 5.78 Å². The predicted molar refractivity (Wildman–Crippen MR) is 68.9 cm³/mol. The highest BCUT2D eigenvalue weighted by molar-refractivity contribution is 6.32. The Morgan fingerprint density at radius 1 is 1.50 bits per heavy atom. The number of carbonyl (C=O) groups excluding carboxylic acids is 1. The number of carbonyl (C=O) groups is 1. The minimum Gasteiger partial charge on any atom is -0.340 e. The number of hydrogen-bond donors (Lipinski definition) is 0. The van der Waals surface area contributed by atoms with Crippen LogP contribution in [0.15, 0.2) is 12.5 Å². The van der Waals surface area contributed by atoms with Crippen molar-refractivity contribution < 1.29 is 4.79 Å². The second-order valence-electron chi connectivity index (χ2n) is 4.19. The third-order valence-electron chi connectivity index (χ3n) is 2.77. The fraction of sp³-hybridized carbons (Fsp3) is 0.417. The van der Waals surface area contributed by atoms with Crippen LogP contribution in [0.4, 0.5) is 0 Å². The van der Waals surface area contributed by atoms with Gasteiger partial charge in [-0.1, -0.05) is 11.6 Å². The van der Waals surface area contributed by atoms with Crippen LogP contribution in [0.2, 0.25) is 5.02 Å². The van der Waals surface area contributed by atoms with Crippen LogP contribution >= 0.6 is 11.6 Å². The molecule has 6 heteroatoms. The molecule has 96 valence electrons. The zero-order chi connectivity index (χ0) is 13.3. The number of rotatable bonds is 4. The van der Waals surface area contributed by atoms with Gasteiger partial charge in [-0.15, -0.1) is 0 Å². The second kappa shape index (κ2) is 4.94. The fourth-order valence-electron chi connectivity index (χ4n) is 1.84. The maximum atomic E-state index is 12.1. The lowest BCUT2D eigenvalue weighted by molar-refractivity contribution is 0.0986. The molecular formula is C12H15ClN4O. The van der Waals surface area contributed by atoms with Crippen LogP contribution in [0.3, 0.4) is 0 Å². The Bertz CT molecular complexity index is 585. The van der Waals surface area contributed by atoms with Crippen molar-refractivity contribution in [2.24, 2.45) is 7.05 Å². The first-order valence-electron chi connectivity index (χ1n) is 5.75. The Balaban J connectivity index is 2.26. The Morgan fingerprint density at radius 3 is 2.78 bits per heavy atom. The quantitative estimate of drug-likeness (QED) is 0.796. The monoisotopic (exact) mass is 266 g/mol. The molecule has 0 atom stereocenters. The Hall–Kier alpha value is -1.62. The van der Waals surface area contributed by atoms with Crippen LogP contribution in [0.25, 0.3) is 0 Å². The predicted octanol–water partition coefficient (Wildman–Crippen LogP) is 2.02. The van der Waals surface area contributed by atoms with Crippen LogP contribution in [0.1, 0.15) is 28.8 Å². The first-order valence-corrected chi connectivity index (χ1v) is 6.13. The molecule has 0 N–H and O–H groups in total. The summed E-state index contributed by atoms with van der Waals surface area (Å²) in [5.74, 6) is -0.0490. The average molecular weight is 267 g/mol. The zero-order valence-electron chi connectivity index (χ0n) is 10.6. The number of hydrogen-bond acceptors (Lipinski definition) is 3. The number of halogens is 1. The summed E-state index contributed by atoms with van der Waals surface area (Å²) in [7, 11) is 1.83. The van der Waals surface area contributed by atoms with Crippen LogP contribution in [-0.2, 0) is 20.0 Å². The van der Waals surface area contributed by atoms with Crippen LogP contribution < -0.4 is 0 Å². The summed E-state index contributed by atoms with van der Waals surface area (Å²) in [4.78, 5) is 16.1. The van der Waals surface area contributed by atoms with E-state index >= 15 is 0 Å². The van der Waals surface area contributed by atoms with E-state index < -0.39 is 0 Å². The van der Waals surface area contributed by atoms with Crippen molar-refractivity contribution in [3.8, 4) is 0 Å². The van der Waals surface area contributed by atoms with Gasteiger partial charge in [0.25, 0.3) is 0 Å². The highest BCUT2D eigenvalue weighted by Crippen LogP contribution is 2.21. The normalized spacial score (nSPS) is 10.9. The van der Waals surface area contributed by atoms with Crippen molar-refractivity contribution >= 4 is 17.4 Å². The van der Waals surface area contributed by atoms with E-state index in [1.165, 1.54) is 0 Å². The molecule has 0 aliphatic carbocycles. The number of nitrogens with zero attached hydrogens (tertiary/aromatic N) is 4. The highest BCUT2D eigenvalue weighted by Gasteiger charge is 2.18. The molecule has 2 heterocycles. The van der Waals surface area contributed by atoms with Crippen molar-refractivity contribution in [3.05, 3.63) is 34.6 Å².